The van der Waals surface area contributed by atoms with Gasteiger partial charge in [-0.25, -0.2) is 9.98 Å². The van der Waals surface area contributed by atoms with E-state index in [-0.39, 0.29) is 6.10 Å². The molecule has 0 aliphatic carbocycles. The molecule has 0 saturated heterocycles. The van der Waals surface area contributed by atoms with E-state index in [1.165, 1.54) is 0 Å². The monoisotopic (exact) mass is 344 g/mol. The zero-order valence-electron chi connectivity index (χ0n) is 13.6. The minimum atomic E-state index is -0.263. The van der Waals surface area contributed by atoms with Crippen LogP contribution in [0.5, 0.6) is 5.75 Å². The Kier molecular flexibility index (Phi) is 4.61. The Hall–Kier alpha value is -2.67. The number of benzene rings is 1. The van der Waals surface area contributed by atoms with Crippen LogP contribution in [0.1, 0.15) is 18.7 Å². The van der Waals surface area contributed by atoms with Gasteiger partial charge in [-0.2, -0.15) is 9.50 Å². The molecule has 0 spiro atoms. The molecule has 3 aromatic rings. The molecule has 0 bridgehead atoms. The second-order valence-corrected chi connectivity index (χ2v) is 5.86. The molecule has 0 unspecified atom stereocenters. The molecule has 0 aliphatic heterocycles. The largest absolute Gasteiger partial charge is 0.484 e. The van der Waals surface area contributed by atoms with Gasteiger partial charge < -0.3 is 9.64 Å². The fourth-order valence-corrected chi connectivity index (χ4v) is 2.32. The Labute approximate surface area is 144 Å². The molecule has 0 saturated carbocycles. The van der Waals surface area contributed by atoms with Crippen LogP contribution in [0, 0.1) is 0 Å². The fourth-order valence-electron chi connectivity index (χ4n) is 2.14. The lowest BCUT2D eigenvalue weighted by atomic mass is 10.2. The van der Waals surface area contributed by atoms with Gasteiger partial charge >= 0.3 is 0 Å². The smallest absolute Gasteiger partial charge is 0.272 e. The molecular weight excluding hydrogens is 328 g/mol. The Morgan fingerprint density at radius 1 is 1.33 bits per heavy atom. The quantitative estimate of drug-likeness (QED) is 0.525. The van der Waals surface area contributed by atoms with E-state index < -0.39 is 0 Å². The van der Waals surface area contributed by atoms with Crippen molar-refractivity contribution in [2.75, 3.05) is 14.1 Å². The second kappa shape index (κ2) is 6.84. The third-order valence-electron chi connectivity index (χ3n) is 3.19. The molecule has 0 fully saturated rings. The highest BCUT2D eigenvalue weighted by atomic mass is 35.5. The van der Waals surface area contributed by atoms with Crippen molar-refractivity contribution in [2.24, 2.45) is 4.99 Å². The highest BCUT2D eigenvalue weighted by molar-refractivity contribution is 6.30. The summed E-state index contributed by atoms with van der Waals surface area (Å²) in [6, 6.07) is 9.11. The van der Waals surface area contributed by atoms with Crippen LogP contribution in [0.2, 0.25) is 5.02 Å². The van der Waals surface area contributed by atoms with Gasteiger partial charge in [0.2, 0.25) is 0 Å². The van der Waals surface area contributed by atoms with E-state index in [1.807, 2.05) is 44.1 Å². The van der Waals surface area contributed by atoms with Gasteiger partial charge in [0.25, 0.3) is 11.7 Å². The van der Waals surface area contributed by atoms with E-state index >= 15 is 0 Å². The van der Waals surface area contributed by atoms with Gasteiger partial charge in [0.1, 0.15) is 11.9 Å². The van der Waals surface area contributed by atoms with E-state index in [0.717, 1.165) is 5.69 Å². The van der Waals surface area contributed by atoms with E-state index in [4.69, 9.17) is 16.3 Å². The summed E-state index contributed by atoms with van der Waals surface area (Å²) in [7, 11) is 3.76. The van der Waals surface area contributed by atoms with Gasteiger partial charge in [-0.1, -0.05) is 17.7 Å². The van der Waals surface area contributed by atoms with E-state index in [1.54, 1.807) is 29.2 Å². The van der Waals surface area contributed by atoms with Crippen LogP contribution in [-0.4, -0.2) is 44.9 Å². The summed E-state index contributed by atoms with van der Waals surface area (Å²) >= 11 is 6.00. The first kappa shape index (κ1) is 16.2. The fraction of sp³-hybridized carbons (Fsp3) is 0.250. The molecule has 124 valence electrons. The standard InChI is InChI=1S/C16H17ClN6O/c1-11(24-13-6-4-5-12(17)9-13)14-7-8-18-16-20-15(21-23(14)16)19-10-22(2)3/h4-11H,1-3H3/t11-/m0/s1. The molecule has 1 aromatic carbocycles. The molecular formula is C16H17ClN6O. The first-order valence-electron chi connectivity index (χ1n) is 7.37. The number of rotatable bonds is 5. The topological polar surface area (TPSA) is 67.9 Å². The van der Waals surface area contributed by atoms with Crippen LogP contribution in [-0.2, 0) is 0 Å². The molecule has 2 aromatic heterocycles. The van der Waals surface area contributed by atoms with Crippen molar-refractivity contribution in [3.8, 4) is 5.75 Å². The van der Waals surface area contributed by atoms with Crippen LogP contribution in [0.15, 0.2) is 41.5 Å². The lowest BCUT2D eigenvalue weighted by Gasteiger charge is -2.15. The maximum atomic E-state index is 6.00. The second-order valence-electron chi connectivity index (χ2n) is 5.42. The molecule has 0 amide bonds. The van der Waals surface area contributed by atoms with Crippen LogP contribution >= 0.6 is 11.6 Å². The lowest BCUT2D eigenvalue weighted by molar-refractivity contribution is 0.219. The number of hydrogen-bond acceptors (Lipinski definition) is 5. The summed E-state index contributed by atoms with van der Waals surface area (Å²) in [6.07, 6.45) is 3.05. The molecule has 2 heterocycles. The third kappa shape index (κ3) is 3.62. The SMILES string of the molecule is C[C@H](Oc1cccc(Cl)c1)c1ccnc2nc(N=CN(C)C)nn12. The molecule has 24 heavy (non-hydrogen) atoms. The molecule has 0 radical (unpaired) electrons. The highest BCUT2D eigenvalue weighted by Crippen LogP contribution is 2.24. The zero-order valence-corrected chi connectivity index (χ0v) is 14.3. The van der Waals surface area contributed by atoms with Gasteiger partial charge in [0, 0.05) is 25.3 Å². The number of nitrogens with zero attached hydrogens (tertiary/aromatic N) is 6. The summed E-state index contributed by atoms with van der Waals surface area (Å²) in [4.78, 5) is 14.5. The van der Waals surface area contributed by atoms with Crippen LogP contribution in [0.25, 0.3) is 5.78 Å². The number of aliphatic imine (C=N–C) groups is 1. The van der Waals surface area contributed by atoms with Crippen LogP contribution < -0.4 is 4.74 Å². The predicted octanol–water partition coefficient (Wildman–Crippen LogP) is 3.14. The Morgan fingerprint density at radius 3 is 2.92 bits per heavy atom. The molecule has 0 N–H and O–H groups in total. The minimum Gasteiger partial charge on any atom is -0.484 e. The molecule has 0 aliphatic rings. The average molecular weight is 345 g/mol. The number of halogens is 1. The van der Waals surface area contributed by atoms with Crippen molar-refractivity contribution in [3.63, 3.8) is 0 Å². The van der Waals surface area contributed by atoms with Crippen molar-refractivity contribution in [1.29, 1.82) is 0 Å². The first-order valence-corrected chi connectivity index (χ1v) is 7.75. The Bertz CT molecular complexity index is 876. The Balaban J connectivity index is 1.90. The summed E-state index contributed by atoms with van der Waals surface area (Å²) in [5.74, 6) is 1.50. The number of fused-ring (bicyclic) bond motifs is 1. The zero-order chi connectivity index (χ0) is 17.1. The number of aromatic nitrogens is 4. The molecule has 3 rings (SSSR count). The minimum absolute atomic E-state index is 0.263. The van der Waals surface area contributed by atoms with Crippen LogP contribution in [0.4, 0.5) is 5.95 Å². The highest BCUT2D eigenvalue weighted by Gasteiger charge is 2.15. The first-order chi connectivity index (χ1) is 11.5. The normalized spacial score (nSPS) is 12.7. The van der Waals surface area contributed by atoms with Crippen LogP contribution in [0.3, 0.4) is 0 Å². The van der Waals surface area contributed by atoms with E-state index in [0.29, 0.717) is 22.5 Å². The Morgan fingerprint density at radius 2 is 2.17 bits per heavy atom. The van der Waals surface area contributed by atoms with Gasteiger partial charge in [-0.3, -0.25) is 0 Å². The summed E-state index contributed by atoms with van der Waals surface area (Å²) in [5.41, 5.74) is 0.818. The predicted molar refractivity (Wildman–Crippen MR) is 93.1 cm³/mol. The van der Waals surface area contributed by atoms with E-state index in [2.05, 4.69) is 20.1 Å². The van der Waals surface area contributed by atoms with Crippen molar-refractivity contribution < 1.29 is 4.74 Å². The molecule has 8 heteroatoms. The summed E-state index contributed by atoms with van der Waals surface area (Å²) in [6.45, 7) is 1.93. The molecule has 1 atom stereocenters. The number of hydrogen-bond donors (Lipinski definition) is 0. The van der Waals surface area contributed by atoms with Gasteiger partial charge in [-0.15, -0.1) is 5.10 Å². The lowest BCUT2D eigenvalue weighted by Crippen LogP contribution is -2.10. The molecule has 7 nitrogen and oxygen atoms in total. The van der Waals surface area contributed by atoms with Crippen molar-refractivity contribution >= 4 is 29.7 Å². The maximum Gasteiger partial charge on any atom is 0.272 e. The van der Waals surface area contributed by atoms with Gasteiger partial charge in [0.05, 0.1) is 12.0 Å². The third-order valence-corrected chi connectivity index (χ3v) is 3.42. The maximum absolute atomic E-state index is 6.00. The van der Waals surface area contributed by atoms with Crippen molar-refractivity contribution in [1.82, 2.24) is 24.5 Å². The van der Waals surface area contributed by atoms with Crippen molar-refractivity contribution in [2.45, 2.75) is 13.0 Å². The van der Waals surface area contributed by atoms with Crippen molar-refractivity contribution in [3.05, 3.63) is 47.2 Å². The number of ether oxygens (including phenoxy) is 1. The van der Waals surface area contributed by atoms with E-state index in [9.17, 15) is 0 Å². The summed E-state index contributed by atoms with van der Waals surface area (Å²) in [5, 5.41) is 5.00. The summed E-state index contributed by atoms with van der Waals surface area (Å²) < 4.78 is 7.59. The van der Waals surface area contributed by atoms with Gasteiger partial charge in [0.15, 0.2) is 0 Å². The van der Waals surface area contributed by atoms with Gasteiger partial charge in [-0.05, 0) is 31.2 Å². The average Bonchev–Trinajstić information content (AvgIpc) is 2.95.